The van der Waals surface area contributed by atoms with Gasteiger partial charge in [0.1, 0.15) is 11.5 Å². The molecule has 1 aliphatic carbocycles. The second-order valence-corrected chi connectivity index (χ2v) is 4.86. The highest BCUT2D eigenvalue weighted by Gasteiger charge is 2.26. The van der Waals surface area contributed by atoms with Gasteiger partial charge in [0.2, 0.25) is 0 Å². The largest absolute Gasteiger partial charge is 0.488 e. The molecule has 0 saturated heterocycles. The zero-order valence-corrected chi connectivity index (χ0v) is 10.5. The zero-order valence-electron chi connectivity index (χ0n) is 10.5. The van der Waals surface area contributed by atoms with Gasteiger partial charge in [-0.25, -0.2) is 0 Å². The average molecular weight is 254 g/mol. The van der Waals surface area contributed by atoms with Crippen molar-refractivity contribution in [2.45, 2.75) is 18.8 Å². The maximum absolute atomic E-state index is 9.04. The van der Waals surface area contributed by atoms with Gasteiger partial charge in [0.25, 0.3) is 0 Å². The van der Waals surface area contributed by atoms with Gasteiger partial charge in [-0.15, -0.1) is 0 Å². The summed E-state index contributed by atoms with van der Waals surface area (Å²) in [7, 11) is -1.44. The molecule has 3 rings (SSSR count). The van der Waals surface area contributed by atoms with E-state index < -0.39 is 7.12 Å². The Morgan fingerprint density at radius 2 is 1.63 bits per heavy atom. The summed E-state index contributed by atoms with van der Waals surface area (Å²) in [5.74, 6) is 2.23. The molecule has 0 amide bonds. The number of hydrogen-bond acceptors (Lipinski definition) is 3. The first-order chi connectivity index (χ1) is 9.24. The molecule has 96 valence electrons. The van der Waals surface area contributed by atoms with Crippen molar-refractivity contribution in [2.24, 2.45) is 0 Å². The Balaban J connectivity index is 1.81. The van der Waals surface area contributed by atoms with E-state index in [1.165, 1.54) is 18.4 Å². The fourth-order valence-corrected chi connectivity index (χ4v) is 2.14. The van der Waals surface area contributed by atoms with Crippen molar-refractivity contribution in [3.63, 3.8) is 0 Å². The molecule has 1 aliphatic rings. The van der Waals surface area contributed by atoms with E-state index in [-0.39, 0.29) is 0 Å². The number of hydrogen-bond donors (Lipinski definition) is 2. The molecule has 0 heterocycles. The van der Waals surface area contributed by atoms with Crippen LogP contribution in [-0.4, -0.2) is 17.2 Å². The third-order valence-corrected chi connectivity index (χ3v) is 3.34. The maximum atomic E-state index is 9.04. The minimum absolute atomic E-state index is 0.461. The highest BCUT2D eigenvalue weighted by atomic mass is 16.5. The van der Waals surface area contributed by atoms with E-state index in [9.17, 15) is 0 Å². The number of para-hydroxylation sites is 1. The van der Waals surface area contributed by atoms with Crippen LogP contribution in [0.15, 0.2) is 48.5 Å². The second-order valence-electron chi connectivity index (χ2n) is 4.86. The summed E-state index contributed by atoms with van der Waals surface area (Å²) < 4.78 is 5.88. The van der Waals surface area contributed by atoms with Crippen molar-refractivity contribution < 1.29 is 14.8 Å². The first-order valence-electron chi connectivity index (χ1n) is 6.47. The van der Waals surface area contributed by atoms with E-state index >= 15 is 0 Å². The van der Waals surface area contributed by atoms with E-state index in [0.717, 1.165) is 5.75 Å². The van der Waals surface area contributed by atoms with Crippen LogP contribution in [0.25, 0.3) is 0 Å². The third-order valence-electron chi connectivity index (χ3n) is 3.34. The van der Waals surface area contributed by atoms with Crippen molar-refractivity contribution in [2.75, 3.05) is 0 Å². The van der Waals surface area contributed by atoms with Gasteiger partial charge in [-0.3, -0.25) is 0 Å². The van der Waals surface area contributed by atoms with Gasteiger partial charge < -0.3 is 14.8 Å². The molecule has 0 aliphatic heterocycles. The van der Waals surface area contributed by atoms with Crippen LogP contribution in [0.2, 0.25) is 0 Å². The average Bonchev–Trinajstić information content (AvgIpc) is 3.24. The molecule has 2 N–H and O–H groups in total. The van der Waals surface area contributed by atoms with Gasteiger partial charge in [-0.1, -0.05) is 30.3 Å². The molecule has 0 atom stereocenters. The fourth-order valence-electron chi connectivity index (χ4n) is 2.14. The van der Waals surface area contributed by atoms with Crippen LogP contribution in [0, 0.1) is 0 Å². The molecule has 4 heteroatoms. The predicted octanol–water partition coefficient (Wildman–Crippen LogP) is 2.04. The molecular weight excluding hydrogens is 239 g/mol. The molecule has 1 fully saturated rings. The minimum Gasteiger partial charge on any atom is -0.457 e. The van der Waals surface area contributed by atoms with Crippen LogP contribution >= 0.6 is 0 Å². The lowest BCUT2D eigenvalue weighted by atomic mass is 9.80. The molecule has 0 aromatic heterocycles. The van der Waals surface area contributed by atoms with Crippen molar-refractivity contribution >= 4 is 12.6 Å². The highest BCUT2D eigenvalue weighted by Crippen LogP contribution is 2.44. The van der Waals surface area contributed by atoms with E-state index in [2.05, 4.69) is 6.07 Å². The standard InChI is InChI=1S/C15H15BO3/c17-16(18)12-7-9-13(10-8-12)19-15-4-2-1-3-14(15)11-5-6-11/h1-4,7-11,17-18H,5-6H2. The summed E-state index contributed by atoms with van der Waals surface area (Å²) >= 11 is 0. The number of ether oxygens (including phenoxy) is 1. The lowest BCUT2D eigenvalue weighted by Gasteiger charge is -2.10. The van der Waals surface area contributed by atoms with Crippen LogP contribution in [0.3, 0.4) is 0 Å². The second kappa shape index (κ2) is 5.07. The van der Waals surface area contributed by atoms with Gasteiger partial charge in [-0.05, 0) is 48.0 Å². The molecule has 3 nitrogen and oxygen atoms in total. The lowest BCUT2D eigenvalue weighted by Crippen LogP contribution is -2.29. The quantitative estimate of drug-likeness (QED) is 0.821. The Morgan fingerprint density at radius 1 is 0.947 bits per heavy atom. The molecule has 0 spiro atoms. The molecule has 2 aromatic carbocycles. The molecular formula is C15H15BO3. The predicted molar refractivity (Wildman–Crippen MR) is 74.8 cm³/mol. The van der Waals surface area contributed by atoms with Crippen molar-refractivity contribution in [3.8, 4) is 11.5 Å². The van der Waals surface area contributed by atoms with Gasteiger partial charge >= 0.3 is 7.12 Å². The molecule has 19 heavy (non-hydrogen) atoms. The Hall–Kier alpha value is -1.78. The summed E-state index contributed by atoms with van der Waals surface area (Å²) in [5.41, 5.74) is 1.72. The van der Waals surface area contributed by atoms with Crippen LogP contribution < -0.4 is 10.2 Å². The zero-order chi connectivity index (χ0) is 13.2. The van der Waals surface area contributed by atoms with Crippen LogP contribution in [0.4, 0.5) is 0 Å². The minimum atomic E-state index is -1.44. The van der Waals surface area contributed by atoms with Crippen LogP contribution in [0.1, 0.15) is 24.3 Å². The van der Waals surface area contributed by atoms with Gasteiger partial charge in [0.05, 0.1) is 0 Å². The number of rotatable bonds is 4. The van der Waals surface area contributed by atoms with Crippen LogP contribution in [-0.2, 0) is 0 Å². The van der Waals surface area contributed by atoms with Crippen molar-refractivity contribution in [3.05, 3.63) is 54.1 Å². The Morgan fingerprint density at radius 3 is 2.26 bits per heavy atom. The first-order valence-corrected chi connectivity index (χ1v) is 6.47. The summed E-state index contributed by atoms with van der Waals surface area (Å²) in [6, 6.07) is 14.9. The maximum Gasteiger partial charge on any atom is 0.488 e. The van der Waals surface area contributed by atoms with E-state index in [0.29, 0.717) is 17.1 Å². The summed E-state index contributed by atoms with van der Waals surface area (Å²) in [6.45, 7) is 0. The van der Waals surface area contributed by atoms with E-state index in [4.69, 9.17) is 14.8 Å². The van der Waals surface area contributed by atoms with Gasteiger partial charge in [0, 0.05) is 0 Å². The SMILES string of the molecule is OB(O)c1ccc(Oc2ccccc2C2CC2)cc1. The molecule has 0 unspecified atom stereocenters. The van der Waals surface area contributed by atoms with Gasteiger partial charge in [-0.2, -0.15) is 0 Å². The smallest absolute Gasteiger partial charge is 0.457 e. The summed E-state index contributed by atoms with van der Waals surface area (Å²) in [4.78, 5) is 0. The normalized spacial score (nSPS) is 14.2. The summed E-state index contributed by atoms with van der Waals surface area (Å²) in [5, 5.41) is 18.1. The van der Waals surface area contributed by atoms with Crippen molar-refractivity contribution in [1.29, 1.82) is 0 Å². The highest BCUT2D eigenvalue weighted by molar-refractivity contribution is 6.58. The summed E-state index contributed by atoms with van der Waals surface area (Å²) in [6.07, 6.45) is 2.46. The lowest BCUT2D eigenvalue weighted by molar-refractivity contribution is 0.425. The van der Waals surface area contributed by atoms with Crippen LogP contribution in [0.5, 0.6) is 11.5 Å². The van der Waals surface area contributed by atoms with Gasteiger partial charge in [0.15, 0.2) is 0 Å². The topological polar surface area (TPSA) is 49.7 Å². The molecule has 0 bridgehead atoms. The number of benzene rings is 2. The first kappa shape index (κ1) is 12.3. The molecule has 0 radical (unpaired) electrons. The Kier molecular flexibility index (Phi) is 3.28. The third kappa shape index (κ3) is 2.80. The Labute approximate surface area is 112 Å². The molecule has 1 saturated carbocycles. The fraction of sp³-hybridized carbons (Fsp3) is 0.200. The molecule has 2 aromatic rings. The van der Waals surface area contributed by atoms with E-state index in [1.807, 2.05) is 18.2 Å². The Bertz CT molecular complexity index is 562. The van der Waals surface area contributed by atoms with E-state index in [1.54, 1.807) is 24.3 Å². The monoisotopic (exact) mass is 254 g/mol. The van der Waals surface area contributed by atoms with Crippen molar-refractivity contribution in [1.82, 2.24) is 0 Å².